The first-order valence-corrected chi connectivity index (χ1v) is 6.67. The molecule has 0 aliphatic carbocycles. The van der Waals surface area contributed by atoms with Crippen LogP contribution in [0, 0.1) is 0 Å². The molecule has 3 rings (SSSR count). The normalized spacial score (nSPS) is 13.9. The molecule has 1 aliphatic rings. The zero-order chi connectivity index (χ0) is 13.9. The predicted octanol–water partition coefficient (Wildman–Crippen LogP) is 1.48. The Morgan fingerprint density at radius 1 is 1.40 bits per heavy atom. The molecule has 0 saturated carbocycles. The Balaban J connectivity index is 1.68. The maximum atomic E-state index is 12.3. The van der Waals surface area contributed by atoms with Crippen LogP contribution in [0.5, 0.6) is 5.75 Å². The molecule has 0 unspecified atom stereocenters. The van der Waals surface area contributed by atoms with Crippen molar-refractivity contribution in [3.05, 3.63) is 48.0 Å². The van der Waals surface area contributed by atoms with Crippen LogP contribution in [0.3, 0.4) is 0 Å². The van der Waals surface area contributed by atoms with E-state index in [0.29, 0.717) is 13.0 Å². The molecule has 0 radical (unpaired) electrons. The highest BCUT2D eigenvalue weighted by Crippen LogP contribution is 2.16. The van der Waals surface area contributed by atoms with Gasteiger partial charge >= 0.3 is 0 Å². The third-order valence-electron chi connectivity index (χ3n) is 3.59. The summed E-state index contributed by atoms with van der Waals surface area (Å²) in [5, 5.41) is 0. The average Bonchev–Trinajstić information content (AvgIpc) is 2.94. The fourth-order valence-electron chi connectivity index (χ4n) is 2.46. The number of carbonyl (C=O) groups excluding carboxylic acids is 1. The molecule has 1 aliphatic heterocycles. The van der Waals surface area contributed by atoms with Crippen molar-refractivity contribution in [1.82, 2.24) is 14.5 Å². The first kappa shape index (κ1) is 12.7. The van der Waals surface area contributed by atoms with Gasteiger partial charge in [0, 0.05) is 25.5 Å². The molecule has 20 heavy (non-hydrogen) atoms. The lowest BCUT2D eigenvalue weighted by Crippen LogP contribution is -2.39. The van der Waals surface area contributed by atoms with Gasteiger partial charge in [-0.1, -0.05) is 12.1 Å². The van der Waals surface area contributed by atoms with Gasteiger partial charge in [0.2, 0.25) is 5.91 Å². The summed E-state index contributed by atoms with van der Waals surface area (Å²) < 4.78 is 7.27. The molecule has 5 heteroatoms. The number of rotatable bonds is 3. The summed E-state index contributed by atoms with van der Waals surface area (Å²) in [7, 11) is 1.63. The van der Waals surface area contributed by atoms with Gasteiger partial charge < -0.3 is 14.2 Å². The lowest BCUT2D eigenvalue weighted by molar-refractivity contribution is -0.132. The molecule has 0 fully saturated rings. The number of amides is 1. The van der Waals surface area contributed by atoms with Gasteiger partial charge in [-0.2, -0.15) is 0 Å². The zero-order valence-corrected chi connectivity index (χ0v) is 11.5. The van der Waals surface area contributed by atoms with Crippen LogP contribution in [0.4, 0.5) is 0 Å². The van der Waals surface area contributed by atoms with Crippen LogP contribution in [-0.4, -0.2) is 34.0 Å². The van der Waals surface area contributed by atoms with E-state index in [1.165, 1.54) is 0 Å². The van der Waals surface area contributed by atoms with Crippen molar-refractivity contribution in [2.24, 2.45) is 0 Å². The van der Waals surface area contributed by atoms with Crippen LogP contribution >= 0.6 is 0 Å². The Morgan fingerprint density at radius 2 is 2.30 bits per heavy atom. The van der Waals surface area contributed by atoms with Crippen LogP contribution in [0.2, 0.25) is 0 Å². The molecule has 1 aromatic heterocycles. The molecule has 0 saturated heterocycles. The van der Waals surface area contributed by atoms with Gasteiger partial charge in [-0.05, 0) is 17.7 Å². The average molecular weight is 271 g/mol. The quantitative estimate of drug-likeness (QED) is 0.849. The van der Waals surface area contributed by atoms with Crippen molar-refractivity contribution in [3.8, 4) is 5.75 Å². The molecule has 104 valence electrons. The molecule has 1 aromatic carbocycles. The summed E-state index contributed by atoms with van der Waals surface area (Å²) in [4.78, 5) is 18.5. The highest BCUT2D eigenvalue weighted by Gasteiger charge is 2.21. The summed E-state index contributed by atoms with van der Waals surface area (Å²) in [6.07, 6.45) is 4.14. The van der Waals surface area contributed by atoms with E-state index in [9.17, 15) is 4.79 Å². The van der Waals surface area contributed by atoms with E-state index in [2.05, 4.69) is 9.55 Å². The Kier molecular flexibility index (Phi) is 3.41. The van der Waals surface area contributed by atoms with Gasteiger partial charge in [-0.3, -0.25) is 4.79 Å². The van der Waals surface area contributed by atoms with Crippen LogP contribution in [0.25, 0.3) is 0 Å². The second-order valence-corrected chi connectivity index (χ2v) is 4.88. The lowest BCUT2D eigenvalue weighted by Gasteiger charge is -2.27. The molecular weight excluding hydrogens is 254 g/mol. The van der Waals surface area contributed by atoms with E-state index in [4.69, 9.17) is 4.74 Å². The van der Waals surface area contributed by atoms with Crippen molar-refractivity contribution in [1.29, 1.82) is 0 Å². The lowest BCUT2D eigenvalue weighted by atomic mass is 10.1. The number of hydrogen-bond donors (Lipinski definition) is 0. The van der Waals surface area contributed by atoms with Crippen molar-refractivity contribution in [3.63, 3.8) is 0 Å². The van der Waals surface area contributed by atoms with Crippen molar-refractivity contribution < 1.29 is 9.53 Å². The van der Waals surface area contributed by atoms with Crippen LogP contribution in [0.1, 0.15) is 11.4 Å². The number of aromatic nitrogens is 2. The van der Waals surface area contributed by atoms with Gasteiger partial charge in [-0.15, -0.1) is 0 Å². The molecule has 0 spiro atoms. The van der Waals surface area contributed by atoms with E-state index in [1.807, 2.05) is 35.4 Å². The number of ether oxygens (including phenoxy) is 1. The summed E-state index contributed by atoms with van der Waals surface area (Å²) in [5.41, 5.74) is 0.975. The van der Waals surface area contributed by atoms with Gasteiger partial charge in [0.25, 0.3) is 0 Å². The van der Waals surface area contributed by atoms with Crippen molar-refractivity contribution in [2.75, 3.05) is 13.7 Å². The van der Waals surface area contributed by atoms with Crippen molar-refractivity contribution in [2.45, 2.75) is 19.5 Å². The Labute approximate surface area is 117 Å². The van der Waals surface area contributed by atoms with Gasteiger partial charge in [0.15, 0.2) is 0 Å². The molecule has 0 N–H and O–H groups in total. The molecule has 0 bridgehead atoms. The van der Waals surface area contributed by atoms with Crippen LogP contribution in [0.15, 0.2) is 36.7 Å². The first-order chi connectivity index (χ1) is 9.76. The Morgan fingerprint density at radius 3 is 3.15 bits per heavy atom. The van der Waals surface area contributed by atoms with E-state index in [0.717, 1.165) is 30.2 Å². The highest BCUT2D eigenvalue weighted by molar-refractivity contribution is 5.78. The Hall–Kier alpha value is -2.30. The second kappa shape index (κ2) is 5.36. The number of imidazole rings is 1. The van der Waals surface area contributed by atoms with Gasteiger partial charge in [-0.25, -0.2) is 4.98 Å². The highest BCUT2D eigenvalue weighted by atomic mass is 16.5. The predicted molar refractivity (Wildman–Crippen MR) is 74.3 cm³/mol. The first-order valence-electron chi connectivity index (χ1n) is 6.67. The minimum absolute atomic E-state index is 0.132. The molecular formula is C15H17N3O2. The zero-order valence-electron chi connectivity index (χ0n) is 11.5. The molecule has 1 amide bonds. The van der Waals surface area contributed by atoms with E-state index < -0.39 is 0 Å². The SMILES string of the molecule is COc1cccc(CC(=O)N2CCn3ccnc3C2)c1. The standard InChI is InChI=1S/C15H17N3O2/c1-20-13-4-2-3-12(9-13)10-15(19)18-8-7-17-6-5-16-14(17)11-18/h2-6,9H,7-8,10-11H2,1H3. The van der Waals surface area contributed by atoms with E-state index >= 15 is 0 Å². The number of methoxy groups -OCH3 is 1. The Bertz CT molecular complexity index is 621. The van der Waals surface area contributed by atoms with Gasteiger partial charge in [0.1, 0.15) is 11.6 Å². The molecule has 2 heterocycles. The van der Waals surface area contributed by atoms with E-state index in [1.54, 1.807) is 13.3 Å². The maximum Gasteiger partial charge on any atom is 0.227 e. The monoisotopic (exact) mass is 271 g/mol. The smallest absolute Gasteiger partial charge is 0.227 e. The maximum absolute atomic E-state index is 12.3. The van der Waals surface area contributed by atoms with Crippen LogP contribution < -0.4 is 4.74 Å². The fraction of sp³-hybridized carbons (Fsp3) is 0.333. The summed E-state index contributed by atoms with van der Waals surface area (Å²) in [6, 6.07) is 7.64. The number of benzene rings is 1. The summed E-state index contributed by atoms with van der Waals surface area (Å²) in [6.45, 7) is 2.15. The molecule has 2 aromatic rings. The molecule has 0 atom stereocenters. The van der Waals surface area contributed by atoms with Crippen LogP contribution in [-0.2, 0) is 24.3 Å². The number of nitrogens with zero attached hydrogens (tertiary/aromatic N) is 3. The largest absolute Gasteiger partial charge is 0.497 e. The van der Waals surface area contributed by atoms with Crippen molar-refractivity contribution >= 4 is 5.91 Å². The third-order valence-corrected chi connectivity index (χ3v) is 3.59. The second-order valence-electron chi connectivity index (χ2n) is 4.88. The third kappa shape index (κ3) is 2.52. The number of carbonyl (C=O) groups is 1. The summed E-state index contributed by atoms with van der Waals surface area (Å²) >= 11 is 0. The van der Waals surface area contributed by atoms with E-state index in [-0.39, 0.29) is 5.91 Å². The minimum atomic E-state index is 0.132. The minimum Gasteiger partial charge on any atom is -0.497 e. The number of hydrogen-bond acceptors (Lipinski definition) is 3. The topological polar surface area (TPSA) is 47.4 Å². The summed E-state index contributed by atoms with van der Waals surface area (Å²) in [5.74, 6) is 1.87. The fourth-order valence-corrected chi connectivity index (χ4v) is 2.46. The molecule has 5 nitrogen and oxygen atoms in total. The van der Waals surface area contributed by atoms with Gasteiger partial charge in [0.05, 0.1) is 20.1 Å². The number of fused-ring (bicyclic) bond motifs is 1.